The predicted octanol–water partition coefficient (Wildman–Crippen LogP) is 1.76. The largest absolute Gasteiger partial charge is 0.255 e. The number of aromatic nitrogens is 2. The van der Waals surface area contributed by atoms with Crippen LogP contribution in [0.25, 0.3) is 11.4 Å². The Bertz CT molecular complexity index is 310. The van der Waals surface area contributed by atoms with Crippen molar-refractivity contribution in [2.24, 2.45) is 0 Å². The maximum absolute atomic E-state index is 4.19. The molecule has 0 saturated carbocycles. The van der Waals surface area contributed by atoms with Crippen LogP contribution in [0.2, 0.25) is 0 Å². The van der Waals surface area contributed by atoms with Gasteiger partial charge in [-0.05, 0) is 24.3 Å². The number of pyridine rings is 2. The van der Waals surface area contributed by atoms with Gasteiger partial charge in [0.15, 0.2) is 0 Å². The summed E-state index contributed by atoms with van der Waals surface area (Å²) in [5, 5.41) is 0. The van der Waals surface area contributed by atoms with Gasteiger partial charge in [-0.1, -0.05) is 12.1 Å². The van der Waals surface area contributed by atoms with E-state index in [1.165, 1.54) is 0 Å². The summed E-state index contributed by atoms with van der Waals surface area (Å²) < 4.78 is 0. The summed E-state index contributed by atoms with van der Waals surface area (Å²) in [4.78, 5) is 8.37. The molecule has 0 atom stereocenters. The fraction of sp³-hybridized carbons (Fsp3) is 0. The van der Waals surface area contributed by atoms with Crippen LogP contribution in [0, 0.1) is 0 Å². The fourth-order valence-corrected chi connectivity index (χ4v) is 1.03. The molecule has 0 fully saturated rings. The number of nitrogens with zero attached hydrogens (tertiary/aromatic N) is 2. The average Bonchev–Trinajstić information content (AvgIpc) is 2.21. The van der Waals surface area contributed by atoms with Gasteiger partial charge in [0.1, 0.15) is 0 Å². The van der Waals surface area contributed by atoms with Gasteiger partial charge in [-0.25, -0.2) is 0 Å². The van der Waals surface area contributed by atoms with Crippen molar-refractivity contribution < 1.29 is 0 Å². The van der Waals surface area contributed by atoms with Crippen molar-refractivity contribution >= 4 is 37.7 Å². The van der Waals surface area contributed by atoms with Gasteiger partial charge in [0.05, 0.1) is 11.4 Å². The van der Waals surface area contributed by atoms with Crippen LogP contribution in [0.4, 0.5) is 0 Å². The van der Waals surface area contributed by atoms with Crippen molar-refractivity contribution in [3.8, 4) is 11.4 Å². The second-order valence-electron chi connectivity index (χ2n) is 2.43. The summed E-state index contributed by atoms with van der Waals surface area (Å²) in [6.45, 7) is 0. The Labute approximate surface area is 107 Å². The van der Waals surface area contributed by atoms with E-state index in [9.17, 15) is 0 Å². The van der Waals surface area contributed by atoms with Gasteiger partial charge < -0.3 is 0 Å². The second kappa shape index (κ2) is 5.32. The van der Waals surface area contributed by atoms with Crippen molar-refractivity contribution in [1.82, 2.24) is 9.97 Å². The molecular weight excluding hydrogens is 188 g/mol. The molecule has 0 aliphatic rings. The summed E-state index contributed by atoms with van der Waals surface area (Å²) in [7, 11) is 0. The molecule has 2 aromatic rings. The molecule has 0 aliphatic carbocycles. The fourth-order valence-electron chi connectivity index (χ4n) is 1.03. The molecule has 2 heterocycles. The first kappa shape index (κ1) is 10.6. The van der Waals surface area contributed by atoms with E-state index in [0.717, 1.165) is 11.4 Å². The predicted molar refractivity (Wildman–Crippen MR) is 53.2 cm³/mol. The van der Waals surface area contributed by atoms with Gasteiger partial charge in [0, 0.05) is 50.1 Å². The van der Waals surface area contributed by atoms with Gasteiger partial charge in [-0.2, -0.15) is 0 Å². The van der Waals surface area contributed by atoms with E-state index in [4.69, 9.17) is 0 Å². The van der Waals surface area contributed by atoms with Crippen molar-refractivity contribution in [2.45, 2.75) is 0 Å². The summed E-state index contributed by atoms with van der Waals surface area (Å²) >= 11 is 0. The monoisotopic (exact) mass is 196 g/mol. The molecule has 0 N–H and O–H groups in total. The van der Waals surface area contributed by atoms with E-state index >= 15 is 0 Å². The van der Waals surface area contributed by atoms with Gasteiger partial charge in [-0.3, -0.25) is 9.97 Å². The Morgan fingerprint density at radius 2 is 1.15 bits per heavy atom. The molecule has 3 heteroatoms. The average molecular weight is 196 g/mol. The van der Waals surface area contributed by atoms with E-state index in [2.05, 4.69) is 9.97 Å². The topological polar surface area (TPSA) is 25.8 Å². The Hall–Kier alpha value is -0.440. The molecule has 0 saturated heterocycles. The van der Waals surface area contributed by atoms with Crippen molar-refractivity contribution in [1.29, 1.82) is 0 Å². The molecule has 0 aromatic carbocycles. The third-order valence-corrected chi connectivity index (χ3v) is 1.59. The van der Waals surface area contributed by atoms with Gasteiger partial charge in [0.2, 0.25) is 0 Å². The molecular formula is C10H8CaN2. The third kappa shape index (κ3) is 2.76. The van der Waals surface area contributed by atoms with E-state index in [1.807, 2.05) is 36.4 Å². The van der Waals surface area contributed by atoms with E-state index < -0.39 is 0 Å². The molecule has 13 heavy (non-hydrogen) atoms. The van der Waals surface area contributed by atoms with Crippen LogP contribution in [-0.2, 0) is 0 Å². The Kier molecular flexibility index (Phi) is 4.36. The summed E-state index contributed by atoms with van der Waals surface area (Å²) in [6, 6.07) is 11.6. The molecule has 2 nitrogen and oxygen atoms in total. The molecule has 0 amide bonds. The summed E-state index contributed by atoms with van der Waals surface area (Å²) in [5.74, 6) is 0. The maximum Gasteiger partial charge on any atom is 0.0886 e. The zero-order valence-corrected chi connectivity index (χ0v) is 9.43. The molecule has 2 aromatic heterocycles. The van der Waals surface area contributed by atoms with Crippen LogP contribution < -0.4 is 0 Å². The standard InChI is InChI=1S/C10H8N2.Ca/c1-3-7-11-9(5-1)10-6-2-4-8-12-10;/h1-8H;. The molecule has 0 spiro atoms. The SMILES string of the molecule is [Ca].c1ccc(-c2ccccn2)nc1. The van der Waals surface area contributed by atoms with Crippen LogP contribution in [0.5, 0.6) is 0 Å². The van der Waals surface area contributed by atoms with Crippen molar-refractivity contribution in [3.05, 3.63) is 48.8 Å². The number of hydrogen-bond acceptors (Lipinski definition) is 2. The van der Waals surface area contributed by atoms with Crippen LogP contribution in [0.3, 0.4) is 0 Å². The Balaban J connectivity index is 0.000000845. The van der Waals surface area contributed by atoms with Crippen molar-refractivity contribution in [3.63, 3.8) is 0 Å². The molecule has 2 radical (unpaired) electrons. The minimum absolute atomic E-state index is 0. The van der Waals surface area contributed by atoms with Crippen LogP contribution in [-0.4, -0.2) is 47.7 Å². The molecule has 0 unspecified atom stereocenters. The number of rotatable bonds is 1. The smallest absolute Gasteiger partial charge is 0.0886 e. The van der Waals surface area contributed by atoms with Gasteiger partial charge >= 0.3 is 0 Å². The summed E-state index contributed by atoms with van der Waals surface area (Å²) in [5.41, 5.74) is 1.83. The molecule has 0 bridgehead atoms. The molecule has 60 valence electrons. The molecule has 0 aliphatic heterocycles. The first-order chi connectivity index (χ1) is 5.97. The Morgan fingerprint density at radius 1 is 0.692 bits per heavy atom. The van der Waals surface area contributed by atoms with Gasteiger partial charge in [0.25, 0.3) is 0 Å². The Morgan fingerprint density at radius 3 is 1.46 bits per heavy atom. The van der Waals surface area contributed by atoms with E-state index in [1.54, 1.807) is 12.4 Å². The van der Waals surface area contributed by atoms with Crippen molar-refractivity contribution in [2.75, 3.05) is 0 Å². The first-order valence-corrected chi connectivity index (χ1v) is 3.79. The van der Waals surface area contributed by atoms with Crippen LogP contribution in [0.1, 0.15) is 0 Å². The van der Waals surface area contributed by atoms with E-state index in [-0.39, 0.29) is 37.7 Å². The zero-order chi connectivity index (χ0) is 8.23. The quantitative estimate of drug-likeness (QED) is 0.649. The summed E-state index contributed by atoms with van der Waals surface area (Å²) in [6.07, 6.45) is 3.54. The zero-order valence-electron chi connectivity index (χ0n) is 7.22. The minimum atomic E-state index is 0. The maximum atomic E-state index is 4.19. The molecule has 2 rings (SSSR count). The van der Waals surface area contributed by atoms with Gasteiger partial charge in [-0.15, -0.1) is 0 Å². The first-order valence-electron chi connectivity index (χ1n) is 3.79. The van der Waals surface area contributed by atoms with Crippen LogP contribution in [0.15, 0.2) is 48.8 Å². The minimum Gasteiger partial charge on any atom is -0.255 e. The number of hydrogen-bond donors (Lipinski definition) is 0. The van der Waals surface area contributed by atoms with E-state index in [0.29, 0.717) is 0 Å². The second-order valence-corrected chi connectivity index (χ2v) is 2.43. The normalized spacial score (nSPS) is 8.92. The third-order valence-electron chi connectivity index (χ3n) is 1.59. The van der Waals surface area contributed by atoms with Crippen LogP contribution >= 0.6 is 0 Å².